The second-order valence-corrected chi connectivity index (χ2v) is 10.3. The lowest BCUT2D eigenvalue weighted by Crippen LogP contribution is -2.35. The summed E-state index contributed by atoms with van der Waals surface area (Å²) in [6, 6.07) is 12.5. The van der Waals surface area contributed by atoms with E-state index >= 15 is 0 Å². The second-order valence-electron chi connectivity index (χ2n) is 8.26. The summed E-state index contributed by atoms with van der Waals surface area (Å²) < 4.78 is 24.1. The Morgan fingerprint density at radius 1 is 1.04 bits per heavy atom. The van der Waals surface area contributed by atoms with Crippen LogP contribution in [0.4, 0.5) is 11.4 Å². The minimum atomic E-state index is -3.34. The third kappa shape index (κ3) is 3.92. The molecule has 1 amide bonds. The van der Waals surface area contributed by atoms with Crippen molar-refractivity contribution in [2.24, 2.45) is 5.41 Å². The van der Waals surface area contributed by atoms with Crippen LogP contribution in [0, 0.1) is 12.3 Å². The van der Waals surface area contributed by atoms with Gasteiger partial charge < -0.3 is 10.2 Å². The number of amides is 1. The van der Waals surface area contributed by atoms with Gasteiger partial charge in [0.15, 0.2) is 9.84 Å². The molecule has 0 aromatic heterocycles. The lowest BCUT2D eigenvalue weighted by molar-refractivity contribution is 0.102. The molecule has 2 fully saturated rings. The third-order valence-electron chi connectivity index (χ3n) is 6.04. The van der Waals surface area contributed by atoms with Crippen LogP contribution in [0.15, 0.2) is 47.4 Å². The van der Waals surface area contributed by atoms with Crippen molar-refractivity contribution in [3.05, 3.63) is 53.6 Å². The zero-order chi connectivity index (χ0) is 19.9. The molecular formula is C22H26N2O3S. The van der Waals surface area contributed by atoms with Crippen LogP contribution >= 0.6 is 0 Å². The fourth-order valence-electron chi connectivity index (χ4n) is 4.02. The summed E-state index contributed by atoms with van der Waals surface area (Å²) in [6.07, 6.45) is 6.01. The standard InChI is InChI=1S/C22H26N2O3S/c1-16-4-3-5-17(14-16)23-21(25)19-7-6-18(28(2,26)27)15-20(19)24-12-10-22(8-9-22)11-13-24/h3-7,14-15H,8-13H2,1-2H3,(H,23,25). The lowest BCUT2D eigenvalue weighted by Gasteiger charge is -2.35. The average molecular weight is 399 g/mol. The highest BCUT2D eigenvalue weighted by Crippen LogP contribution is 2.54. The number of sulfone groups is 1. The van der Waals surface area contributed by atoms with Crippen LogP contribution in [0.2, 0.25) is 0 Å². The third-order valence-corrected chi connectivity index (χ3v) is 7.15. The minimum absolute atomic E-state index is 0.215. The Morgan fingerprint density at radius 2 is 1.75 bits per heavy atom. The summed E-state index contributed by atoms with van der Waals surface area (Å²) in [5.41, 5.74) is 3.54. The van der Waals surface area contributed by atoms with Gasteiger partial charge in [0.1, 0.15) is 0 Å². The molecule has 2 aromatic rings. The maximum Gasteiger partial charge on any atom is 0.257 e. The van der Waals surface area contributed by atoms with Crippen LogP contribution in [0.3, 0.4) is 0 Å². The predicted octanol–water partition coefficient (Wildman–Crippen LogP) is 4.03. The number of benzene rings is 2. The molecule has 0 radical (unpaired) electrons. The molecule has 148 valence electrons. The topological polar surface area (TPSA) is 66.5 Å². The number of nitrogens with one attached hydrogen (secondary N) is 1. The first-order chi connectivity index (χ1) is 13.3. The Labute approximate surface area is 166 Å². The molecule has 0 unspecified atom stereocenters. The summed E-state index contributed by atoms with van der Waals surface area (Å²) >= 11 is 0. The molecule has 1 spiro atoms. The Hall–Kier alpha value is -2.34. The Kier molecular flexibility index (Phi) is 4.70. The van der Waals surface area contributed by atoms with Crippen LogP contribution in [0.5, 0.6) is 0 Å². The predicted molar refractivity (Wildman–Crippen MR) is 112 cm³/mol. The van der Waals surface area contributed by atoms with Crippen molar-refractivity contribution in [1.82, 2.24) is 0 Å². The van der Waals surface area contributed by atoms with E-state index in [4.69, 9.17) is 0 Å². The monoisotopic (exact) mass is 398 g/mol. The van der Waals surface area contributed by atoms with Crippen molar-refractivity contribution in [3.63, 3.8) is 0 Å². The Morgan fingerprint density at radius 3 is 2.36 bits per heavy atom. The second kappa shape index (κ2) is 6.92. The maximum atomic E-state index is 13.0. The summed E-state index contributed by atoms with van der Waals surface area (Å²) in [4.78, 5) is 15.4. The average Bonchev–Trinajstić information content (AvgIpc) is 3.40. The van der Waals surface area contributed by atoms with Crippen molar-refractivity contribution in [3.8, 4) is 0 Å². The van der Waals surface area contributed by atoms with Crippen LogP contribution in [0.1, 0.15) is 41.6 Å². The highest BCUT2D eigenvalue weighted by molar-refractivity contribution is 7.90. The first-order valence-corrected chi connectivity index (χ1v) is 11.6. The number of aryl methyl sites for hydroxylation is 1. The number of nitrogens with zero attached hydrogens (tertiary/aromatic N) is 1. The van der Waals surface area contributed by atoms with Crippen LogP contribution in [0.25, 0.3) is 0 Å². The van der Waals surface area contributed by atoms with E-state index in [1.807, 2.05) is 31.2 Å². The van der Waals surface area contributed by atoms with Gasteiger partial charge in [-0.05, 0) is 73.9 Å². The number of hydrogen-bond acceptors (Lipinski definition) is 4. The number of hydrogen-bond donors (Lipinski definition) is 1. The SMILES string of the molecule is Cc1cccc(NC(=O)c2ccc(S(C)(=O)=O)cc2N2CCC3(CC2)CC3)c1. The van der Waals surface area contributed by atoms with E-state index in [0.29, 0.717) is 16.7 Å². The first-order valence-electron chi connectivity index (χ1n) is 9.73. The van der Waals surface area contributed by atoms with Gasteiger partial charge in [0, 0.05) is 25.0 Å². The van der Waals surface area contributed by atoms with Crippen LogP contribution in [-0.4, -0.2) is 33.7 Å². The molecule has 1 aliphatic carbocycles. The molecule has 6 heteroatoms. The zero-order valence-electron chi connectivity index (χ0n) is 16.4. The van der Waals surface area contributed by atoms with Crippen molar-refractivity contribution in [2.75, 3.05) is 29.6 Å². The number of anilines is 2. The van der Waals surface area contributed by atoms with Crippen molar-refractivity contribution < 1.29 is 13.2 Å². The molecule has 2 aromatic carbocycles. The van der Waals surface area contributed by atoms with Crippen molar-refractivity contribution in [2.45, 2.75) is 37.5 Å². The zero-order valence-corrected chi connectivity index (χ0v) is 17.2. The van der Waals surface area contributed by atoms with Gasteiger partial charge in [-0.25, -0.2) is 8.42 Å². The highest BCUT2D eigenvalue weighted by atomic mass is 32.2. The summed E-state index contributed by atoms with van der Waals surface area (Å²) in [5, 5.41) is 2.95. The van der Waals surface area contributed by atoms with E-state index in [2.05, 4.69) is 10.2 Å². The van der Waals surface area contributed by atoms with Gasteiger partial charge in [0.2, 0.25) is 0 Å². The van der Waals surface area contributed by atoms with Crippen LogP contribution < -0.4 is 10.2 Å². The van der Waals surface area contributed by atoms with Gasteiger partial charge >= 0.3 is 0 Å². The number of carbonyl (C=O) groups is 1. The molecule has 1 aliphatic heterocycles. The first kappa shape index (κ1) is 19.0. The van der Waals surface area contributed by atoms with Gasteiger partial charge in [0.25, 0.3) is 5.91 Å². The van der Waals surface area contributed by atoms with Gasteiger partial charge in [-0.2, -0.15) is 0 Å². The smallest absolute Gasteiger partial charge is 0.257 e. The molecule has 1 N–H and O–H groups in total. The largest absolute Gasteiger partial charge is 0.371 e. The van der Waals surface area contributed by atoms with Crippen LogP contribution in [-0.2, 0) is 9.84 Å². The number of carbonyl (C=O) groups excluding carboxylic acids is 1. The molecule has 2 aliphatic rings. The molecular weight excluding hydrogens is 372 g/mol. The number of rotatable bonds is 4. The summed E-state index contributed by atoms with van der Waals surface area (Å²) in [7, 11) is -3.34. The quantitative estimate of drug-likeness (QED) is 0.844. The number of piperidine rings is 1. The maximum absolute atomic E-state index is 13.0. The lowest BCUT2D eigenvalue weighted by atomic mass is 9.93. The summed E-state index contributed by atoms with van der Waals surface area (Å²) in [6.45, 7) is 3.69. The van der Waals surface area contributed by atoms with Gasteiger partial charge in [-0.15, -0.1) is 0 Å². The molecule has 28 heavy (non-hydrogen) atoms. The van der Waals surface area contributed by atoms with E-state index in [0.717, 1.165) is 37.2 Å². The van der Waals surface area contributed by atoms with E-state index < -0.39 is 9.84 Å². The van der Waals surface area contributed by atoms with Crippen molar-refractivity contribution >= 4 is 27.1 Å². The van der Waals surface area contributed by atoms with Crippen molar-refractivity contribution in [1.29, 1.82) is 0 Å². The molecule has 0 bridgehead atoms. The molecule has 1 saturated carbocycles. The Bertz CT molecular complexity index is 1020. The van der Waals surface area contributed by atoms with Gasteiger partial charge in [0.05, 0.1) is 16.1 Å². The summed E-state index contributed by atoms with van der Waals surface area (Å²) in [5.74, 6) is -0.215. The molecule has 4 rings (SSSR count). The minimum Gasteiger partial charge on any atom is -0.371 e. The van der Waals surface area contributed by atoms with E-state index in [-0.39, 0.29) is 10.8 Å². The van der Waals surface area contributed by atoms with Gasteiger partial charge in [-0.3, -0.25) is 4.79 Å². The van der Waals surface area contributed by atoms with E-state index in [9.17, 15) is 13.2 Å². The molecule has 5 nitrogen and oxygen atoms in total. The molecule has 0 atom stereocenters. The van der Waals surface area contributed by atoms with E-state index in [1.165, 1.54) is 25.2 Å². The fraction of sp³-hybridized carbons (Fsp3) is 0.409. The molecule has 1 saturated heterocycles. The fourth-order valence-corrected chi connectivity index (χ4v) is 4.66. The van der Waals surface area contributed by atoms with E-state index in [1.54, 1.807) is 12.1 Å². The highest BCUT2D eigenvalue weighted by Gasteiger charge is 2.44. The molecule has 1 heterocycles. The normalized spacial score (nSPS) is 18.1. The van der Waals surface area contributed by atoms with Gasteiger partial charge in [-0.1, -0.05) is 12.1 Å². The Balaban J connectivity index is 1.66.